The zero-order valence-electron chi connectivity index (χ0n) is 21.8. The van der Waals surface area contributed by atoms with Crippen molar-refractivity contribution in [1.82, 2.24) is 24.4 Å². The summed E-state index contributed by atoms with van der Waals surface area (Å²) in [5.74, 6) is 1.07. The van der Waals surface area contributed by atoms with Crippen LogP contribution >= 0.6 is 0 Å². The van der Waals surface area contributed by atoms with Crippen LogP contribution in [0.15, 0.2) is 66.9 Å². The van der Waals surface area contributed by atoms with Crippen LogP contribution < -0.4 is 9.47 Å². The molecule has 1 atom stereocenters. The largest absolute Gasteiger partial charge is 0.493 e. The Hall–Kier alpha value is -4.40. The van der Waals surface area contributed by atoms with Crippen LogP contribution in [0.1, 0.15) is 40.6 Å². The van der Waals surface area contributed by atoms with Gasteiger partial charge in [0.25, 0.3) is 11.8 Å². The van der Waals surface area contributed by atoms with Crippen molar-refractivity contribution in [2.24, 2.45) is 0 Å². The highest BCUT2D eigenvalue weighted by molar-refractivity contribution is 5.96. The summed E-state index contributed by atoms with van der Waals surface area (Å²) in [5.41, 5.74) is 3.19. The standard InChI is InChI=1S/C29H31N5O4/c1-4-8-22-19-32(15-16-33(22)28(35)20-9-6-5-7-10-20)29(36)23-18-27-30-14-13-24(34(27)31-23)21-11-12-25(37-2)26(17-21)38-3/h5-7,9-14,17-18,22H,4,8,15-16,19H2,1-3H3/t22-/m0/s1. The molecule has 9 heteroatoms. The van der Waals surface area contributed by atoms with E-state index in [2.05, 4.69) is 17.0 Å². The van der Waals surface area contributed by atoms with Crippen LogP contribution in [0.3, 0.4) is 0 Å². The van der Waals surface area contributed by atoms with Gasteiger partial charge in [-0.15, -0.1) is 0 Å². The maximum absolute atomic E-state index is 13.6. The number of carbonyl (C=O) groups is 2. The molecule has 0 aliphatic carbocycles. The Bertz CT molecular complexity index is 1450. The number of rotatable bonds is 7. The Kier molecular flexibility index (Phi) is 7.26. The summed E-state index contributed by atoms with van der Waals surface area (Å²) in [6.07, 6.45) is 3.43. The summed E-state index contributed by atoms with van der Waals surface area (Å²) in [5, 5.41) is 4.65. The van der Waals surface area contributed by atoms with Crippen LogP contribution in [0.4, 0.5) is 0 Å². The molecule has 0 radical (unpaired) electrons. The first-order chi connectivity index (χ1) is 18.5. The van der Waals surface area contributed by atoms with Gasteiger partial charge in [0, 0.05) is 49.1 Å². The van der Waals surface area contributed by atoms with E-state index in [4.69, 9.17) is 9.47 Å². The van der Waals surface area contributed by atoms with Crippen LogP contribution in [0.2, 0.25) is 0 Å². The first-order valence-electron chi connectivity index (χ1n) is 12.8. The molecule has 4 aromatic rings. The fourth-order valence-corrected chi connectivity index (χ4v) is 5.01. The van der Waals surface area contributed by atoms with Gasteiger partial charge in [-0.3, -0.25) is 9.59 Å². The number of benzene rings is 2. The van der Waals surface area contributed by atoms with E-state index in [1.165, 1.54) is 0 Å². The second-order valence-electron chi connectivity index (χ2n) is 9.26. The minimum absolute atomic E-state index is 0.00707. The van der Waals surface area contributed by atoms with E-state index in [1.807, 2.05) is 59.5 Å². The second-order valence-corrected chi connectivity index (χ2v) is 9.26. The maximum Gasteiger partial charge on any atom is 0.274 e. The molecule has 2 amide bonds. The zero-order valence-corrected chi connectivity index (χ0v) is 21.8. The van der Waals surface area contributed by atoms with Gasteiger partial charge in [0.15, 0.2) is 22.8 Å². The average Bonchev–Trinajstić information content (AvgIpc) is 3.41. The normalized spacial score (nSPS) is 15.5. The van der Waals surface area contributed by atoms with Gasteiger partial charge in [0.2, 0.25) is 0 Å². The molecule has 2 aromatic heterocycles. The van der Waals surface area contributed by atoms with Gasteiger partial charge < -0.3 is 19.3 Å². The van der Waals surface area contributed by atoms with E-state index in [1.54, 1.807) is 35.9 Å². The second kappa shape index (κ2) is 10.9. The molecule has 1 saturated heterocycles. The summed E-state index contributed by atoms with van der Waals surface area (Å²) in [6, 6.07) is 18.4. The molecule has 3 heterocycles. The molecule has 1 aliphatic rings. The third-order valence-corrected chi connectivity index (χ3v) is 6.93. The molecule has 9 nitrogen and oxygen atoms in total. The van der Waals surface area contributed by atoms with Crippen molar-refractivity contribution in [2.45, 2.75) is 25.8 Å². The van der Waals surface area contributed by atoms with Gasteiger partial charge in [0.05, 0.1) is 19.9 Å². The minimum atomic E-state index is -0.165. The average molecular weight is 514 g/mol. The fourth-order valence-electron chi connectivity index (χ4n) is 5.01. The van der Waals surface area contributed by atoms with Crippen molar-refractivity contribution in [3.63, 3.8) is 0 Å². The predicted octanol–water partition coefficient (Wildman–Crippen LogP) is 4.18. The lowest BCUT2D eigenvalue weighted by Crippen LogP contribution is -2.56. The van der Waals surface area contributed by atoms with E-state index in [0.29, 0.717) is 48.0 Å². The first-order valence-corrected chi connectivity index (χ1v) is 12.8. The minimum Gasteiger partial charge on any atom is -0.493 e. The van der Waals surface area contributed by atoms with Crippen LogP contribution in [-0.4, -0.2) is 76.1 Å². The number of nitrogens with zero attached hydrogens (tertiary/aromatic N) is 5. The lowest BCUT2D eigenvalue weighted by Gasteiger charge is -2.41. The summed E-state index contributed by atoms with van der Waals surface area (Å²) in [6.45, 7) is 3.48. The van der Waals surface area contributed by atoms with Gasteiger partial charge in [-0.05, 0) is 42.8 Å². The highest BCUT2D eigenvalue weighted by atomic mass is 16.5. The zero-order chi connectivity index (χ0) is 26.6. The Morgan fingerprint density at radius 1 is 0.947 bits per heavy atom. The highest BCUT2D eigenvalue weighted by Gasteiger charge is 2.33. The number of aromatic nitrogens is 3. The van der Waals surface area contributed by atoms with Crippen molar-refractivity contribution in [2.75, 3.05) is 33.9 Å². The number of piperazine rings is 1. The monoisotopic (exact) mass is 513 g/mol. The smallest absolute Gasteiger partial charge is 0.274 e. The third-order valence-electron chi connectivity index (χ3n) is 6.93. The third kappa shape index (κ3) is 4.79. The molecule has 0 spiro atoms. The van der Waals surface area contributed by atoms with Crippen molar-refractivity contribution < 1.29 is 19.1 Å². The Morgan fingerprint density at radius 3 is 2.47 bits per heavy atom. The van der Waals surface area contributed by atoms with Gasteiger partial charge in [-0.1, -0.05) is 31.5 Å². The summed E-state index contributed by atoms with van der Waals surface area (Å²) >= 11 is 0. The Labute approximate surface area is 221 Å². The number of carbonyl (C=O) groups excluding carboxylic acids is 2. The summed E-state index contributed by atoms with van der Waals surface area (Å²) < 4.78 is 12.5. The molecule has 2 aromatic carbocycles. The summed E-state index contributed by atoms with van der Waals surface area (Å²) in [4.78, 5) is 34.9. The van der Waals surface area contributed by atoms with Crippen molar-refractivity contribution in [3.8, 4) is 22.8 Å². The lowest BCUT2D eigenvalue weighted by molar-refractivity contribution is 0.0368. The maximum atomic E-state index is 13.6. The molecule has 5 rings (SSSR count). The number of ether oxygens (including phenoxy) is 2. The number of hydrogen-bond donors (Lipinski definition) is 0. The molecule has 1 fully saturated rings. The molecule has 0 bridgehead atoms. The van der Waals surface area contributed by atoms with E-state index in [-0.39, 0.29) is 17.9 Å². The Balaban J connectivity index is 1.40. The van der Waals surface area contributed by atoms with Crippen molar-refractivity contribution in [1.29, 1.82) is 0 Å². The lowest BCUT2D eigenvalue weighted by atomic mass is 10.0. The van der Waals surface area contributed by atoms with Crippen LogP contribution in [0.25, 0.3) is 16.9 Å². The molecular weight excluding hydrogens is 482 g/mol. The SMILES string of the molecule is CCC[C@H]1CN(C(=O)c2cc3nccc(-c4ccc(OC)c(OC)c4)n3n2)CCN1C(=O)c1ccccc1. The quantitative estimate of drug-likeness (QED) is 0.368. The van der Waals surface area contributed by atoms with Gasteiger partial charge in [-0.2, -0.15) is 5.10 Å². The molecule has 38 heavy (non-hydrogen) atoms. The molecule has 0 N–H and O–H groups in total. The van der Waals surface area contributed by atoms with E-state index < -0.39 is 0 Å². The molecule has 1 aliphatic heterocycles. The number of fused-ring (bicyclic) bond motifs is 1. The molecule has 196 valence electrons. The molecule has 0 saturated carbocycles. The van der Waals surface area contributed by atoms with Gasteiger partial charge >= 0.3 is 0 Å². The molecular formula is C29H31N5O4. The first kappa shape index (κ1) is 25.3. The predicted molar refractivity (Wildman–Crippen MR) is 144 cm³/mol. The van der Waals surface area contributed by atoms with Crippen LogP contribution in [0, 0.1) is 0 Å². The fraction of sp³-hybridized carbons (Fsp3) is 0.310. The van der Waals surface area contributed by atoms with Gasteiger partial charge in [-0.25, -0.2) is 9.50 Å². The van der Waals surface area contributed by atoms with Crippen molar-refractivity contribution >= 4 is 17.5 Å². The van der Waals surface area contributed by atoms with Crippen LogP contribution in [-0.2, 0) is 0 Å². The van der Waals surface area contributed by atoms with Crippen LogP contribution in [0.5, 0.6) is 11.5 Å². The van der Waals surface area contributed by atoms with Crippen molar-refractivity contribution in [3.05, 3.63) is 78.1 Å². The number of methoxy groups -OCH3 is 2. The number of amides is 2. The van der Waals surface area contributed by atoms with E-state index in [0.717, 1.165) is 24.1 Å². The number of hydrogen-bond acceptors (Lipinski definition) is 6. The summed E-state index contributed by atoms with van der Waals surface area (Å²) in [7, 11) is 3.18. The van der Waals surface area contributed by atoms with Gasteiger partial charge in [0.1, 0.15) is 0 Å². The molecule has 0 unspecified atom stereocenters. The van der Waals surface area contributed by atoms with E-state index in [9.17, 15) is 9.59 Å². The van der Waals surface area contributed by atoms with E-state index >= 15 is 0 Å². The highest BCUT2D eigenvalue weighted by Crippen LogP contribution is 2.32. The Morgan fingerprint density at radius 2 is 1.74 bits per heavy atom. The topological polar surface area (TPSA) is 89.3 Å².